The molecule has 2 aromatic rings. The lowest BCUT2D eigenvalue weighted by atomic mass is 10.2. The molecule has 0 spiro atoms. The Morgan fingerprint density at radius 1 is 1.24 bits per heavy atom. The summed E-state index contributed by atoms with van der Waals surface area (Å²) >= 11 is 1.31. The van der Waals surface area contributed by atoms with Crippen molar-refractivity contribution < 1.29 is 9.59 Å². The van der Waals surface area contributed by atoms with E-state index in [0.29, 0.717) is 17.5 Å². The Hall–Kier alpha value is -2.67. The van der Waals surface area contributed by atoms with Crippen LogP contribution in [-0.2, 0) is 9.59 Å². The summed E-state index contributed by atoms with van der Waals surface area (Å²) in [4.78, 5) is 35.0. The molecule has 1 saturated heterocycles. The Bertz CT molecular complexity index is 780. The number of anilines is 1. The molecule has 1 aromatic carbocycles. The highest BCUT2D eigenvalue weighted by Gasteiger charge is 2.38. The van der Waals surface area contributed by atoms with Gasteiger partial charge in [-0.25, -0.2) is 9.98 Å². The van der Waals surface area contributed by atoms with Gasteiger partial charge in [0.25, 0.3) is 0 Å². The van der Waals surface area contributed by atoms with Gasteiger partial charge in [-0.2, -0.15) is 0 Å². The second kappa shape index (κ2) is 7.94. The lowest BCUT2D eigenvalue weighted by Crippen LogP contribution is -2.33. The molecule has 6 nitrogen and oxygen atoms in total. The predicted molar refractivity (Wildman–Crippen MR) is 99.8 cm³/mol. The zero-order valence-corrected chi connectivity index (χ0v) is 14.6. The molecule has 0 radical (unpaired) electrons. The van der Waals surface area contributed by atoms with Crippen molar-refractivity contribution in [2.75, 3.05) is 11.9 Å². The minimum atomic E-state index is -0.467. The van der Waals surface area contributed by atoms with E-state index in [1.807, 2.05) is 49.4 Å². The second-order valence-electron chi connectivity index (χ2n) is 5.39. The molecular formula is C18H18N4O2S. The number of thioether (sulfide) groups is 1. The highest BCUT2D eigenvalue weighted by atomic mass is 32.2. The number of pyridine rings is 1. The monoisotopic (exact) mass is 354 g/mol. The quantitative estimate of drug-likeness (QED) is 0.895. The first-order chi connectivity index (χ1) is 12.2. The van der Waals surface area contributed by atoms with Gasteiger partial charge < -0.3 is 5.32 Å². The van der Waals surface area contributed by atoms with Crippen LogP contribution in [0.25, 0.3) is 0 Å². The maximum absolute atomic E-state index is 12.5. The number of carbonyl (C=O) groups excluding carboxylic acids is 2. The number of benzene rings is 1. The number of rotatable bonds is 5. The van der Waals surface area contributed by atoms with Gasteiger partial charge in [0.2, 0.25) is 11.8 Å². The number of hydrogen-bond acceptors (Lipinski definition) is 5. The fourth-order valence-electron chi connectivity index (χ4n) is 2.44. The number of hydrogen-bond donors (Lipinski definition) is 1. The molecule has 0 bridgehead atoms. The summed E-state index contributed by atoms with van der Waals surface area (Å²) in [5, 5.41) is 2.93. The summed E-state index contributed by atoms with van der Waals surface area (Å²) in [7, 11) is 0. The topological polar surface area (TPSA) is 74.7 Å². The van der Waals surface area contributed by atoms with Gasteiger partial charge >= 0.3 is 0 Å². The second-order valence-corrected chi connectivity index (χ2v) is 6.56. The van der Waals surface area contributed by atoms with E-state index in [1.54, 1.807) is 17.2 Å². The van der Waals surface area contributed by atoms with Crippen molar-refractivity contribution in [1.29, 1.82) is 0 Å². The lowest BCUT2D eigenvalue weighted by molar-refractivity contribution is -0.128. The number of amidine groups is 1. The van der Waals surface area contributed by atoms with Gasteiger partial charge in [-0.15, -0.1) is 0 Å². The highest BCUT2D eigenvalue weighted by Crippen LogP contribution is 2.31. The number of para-hydroxylation sites is 1. The van der Waals surface area contributed by atoms with Crippen molar-refractivity contribution in [3.63, 3.8) is 0 Å². The smallest absolute Gasteiger partial charge is 0.242 e. The minimum absolute atomic E-state index is 0.0922. The molecule has 1 atom stereocenters. The highest BCUT2D eigenvalue weighted by molar-refractivity contribution is 8.15. The Labute approximate surface area is 150 Å². The van der Waals surface area contributed by atoms with Crippen LogP contribution in [0.3, 0.4) is 0 Å². The molecular weight excluding hydrogens is 336 g/mol. The SMILES string of the molecule is CCN1C(=O)C(CC(=O)Nc2ccccc2)S/C1=N\c1ccccn1. The fraction of sp³-hybridized carbons (Fsp3) is 0.222. The first-order valence-corrected chi connectivity index (χ1v) is 8.88. The third-order valence-corrected chi connectivity index (χ3v) is 4.80. The summed E-state index contributed by atoms with van der Waals surface area (Å²) in [6.45, 7) is 2.40. The van der Waals surface area contributed by atoms with Gasteiger partial charge in [-0.05, 0) is 31.2 Å². The van der Waals surface area contributed by atoms with E-state index >= 15 is 0 Å². The van der Waals surface area contributed by atoms with Crippen molar-refractivity contribution in [2.24, 2.45) is 4.99 Å². The minimum Gasteiger partial charge on any atom is -0.326 e. The molecule has 0 saturated carbocycles. The van der Waals surface area contributed by atoms with Gasteiger partial charge in [0, 0.05) is 24.8 Å². The van der Waals surface area contributed by atoms with E-state index < -0.39 is 5.25 Å². The van der Waals surface area contributed by atoms with Crippen LogP contribution in [0.2, 0.25) is 0 Å². The molecule has 1 N–H and O–H groups in total. The van der Waals surface area contributed by atoms with Crippen molar-refractivity contribution in [1.82, 2.24) is 9.88 Å². The van der Waals surface area contributed by atoms with E-state index in [1.165, 1.54) is 11.8 Å². The van der Waals surface area contributed by atoms with Crippen molar-refractivity contribution in [3.05, 3.63) is 54.7 Å². The molecule has 25 heavy (non-hydrogen) atoms. The summed E-state index contributed by atoms with van der Waals surface area (Å²) in [6.07, 6.45) is 1.76. The number of aromatic nitrogens is 1. The number of carbonyl (C=O) groups is 2. The summed E-state index contributed by atoms with van der Waals surface area (Å²) in [6, 6.07) is 14.6. The molecule has 2 heterocycles. The summed E-state index contributed by atoms with van der Waals surface area (Å²) in [5.41, 5.74) is 0.720. The maximum Gasteiger partial charge on any atom is 0.242 e. The molecule has 1 aliphatic rings. The van der Waals surface area contributed by atoms with Crippen LogP contribution in [0.1, 0.15) is 13.3 Å². The van der Waals surface area contributed by atoms with Crippen LogP contribution in [0.5, 0.6) is 0 Å². The first-order valence-electron chi connectivity index (χ1n) is 8.00. The van der Waals surface area contributed by atoms with Crippen LogP contribution in [0.4, 0.5) is 11.5 Å². The zero-order chi connectivity index (χ0) is 17.6. The first kappa shape index (κ1) is 17.2. The number of aliphatic imine (C=N–C) groups is 1. The maximum atomic E-state index is 12.5. The van der Waals surface area contributed by atoms with E-state index in [9.17, 15) is 9.59 Å². The van der Waals surface area contributed by atoms with Crippen molar-refractivity contribution in [2.45, 2.75) is 18.6 Å². The van der Waals surface area contributed by atoms with Gasteiger partial charge in [-0.1, -0.05) is 36.0 Å². The lowest BCUT2D eigenvalue weighted by Gasteiger charge is -2.13. The number of nitrogens with one attached hydrogen (secondary N) is 1. The molecule has 1 aromatic heterocycles. The Balaban J connectivity index is 1.69. The molecule has 1 aliphatic heterocycles. The third kappa shape index (κ3) is 4.24. The third-order valence-electron chi connectivity index (χ3n) is 3.62. The Morgan fingerprint density at radius 3 is 2.68 bits per heavy atom. The summed E-state index contributed by atoms with van der Waals surface area (Å²) in [5.74, 6) is 0.267. The van der Waals surface area contributed by atoms with E-state index in [4.69, 9.17) is 0 Å². The van der Waals surface area contributed by atoms with Gasteiger partial charge in [-0.3, -0.25) is 14.5 Å². The largest absolute Gasteiger partial charge is 0.326 e. The molecule has 128 valence electrons. The average Bonchev–Trinajstić information content (AvgIpc) is 2.91. The van der Waals surface area contributed by atoms with Crippen LogP contribution >= 0.6 is 11.8 Å². The molecule has 7 heteroatoms. The van der Waals surface area contributed by atoms with Crippen LogP contribution in [-0.4, -0.2) is 38.7 Å². The van der Waals surface area contributed by atoms with Gasteiger partial charge in [0.05, 0.1) is 0 Å². The molecule has 3 rings (SSSR count). The van der Waals surface area contributed by atoms with Crippen molar-refractivity contribution >= 4 is 40.2 Å². The average molecular weight is 354 g/mol. The fourth-order valence-corrected chi connectivity index (χ4v) is 3.65. The molecule has 0 aliphatic carbocycles. The predicted octanol–water partition coefficient (Wildman–Crippen LogP) is 3.06. The van der Waals surface area contributed by atoms with Crippen LogP contribution in [0.15, 0.2) is 59.7 Å². The molecule has 2 amide bonds. The Kier molecular flexibility index (Phi) is 5.45. The van der Waals surface area contributed by atoms with Crippen molar-refractivity contribution in [3.8, 4) is 0 Å². The normalized spacial score (nSPS) is 18.6. The number of nitrogens with zero attached hydrogens (tertiary/aromatic N) is 3. The van der Waals surface area contributed by atoms with Crippen LogP contribution < -0.4 is 5.32 Å². The summed E-state index contributed by atoms with van der Waals surface area (Å²) < 4.78 is 0. The van der Waals surface area contributed by atoms with E-state index in [2.05, 4.69) is 15.3 Å². The van der Waals surface area contributed by atoms with Gasteiger partial charge in [0.15, 0.2) is 11.0 Å². The van der Waals surface area contributed by atoms with E-state index in [-0.39, 0.29) is 18.2 Å². The molecule has 1 fully saturated rings. The van der Waals surface area contributed by atoms with Crippen LogP contribution in [0, 0.1) is 0 Å². The number of amides is 2. The molecule has 1 unspecified atom stereocenters. The zero-order valence-electron chi connectivity index (χ0n) is 13.8. The standard InChI is InChI=1S/C18H18N4O2S/c1-2-22-17(24)14(12-16(23)20-13-8-4-3-5-9-13)25-18(22)21-15-10-6-7-11-19-15/h3-11,14H,2,12H2,1H3,(H,20,23)/b21-18-. The van der Waals surface area contributed by atoms with Gasteiger partial charge in [0.1, 0.15) is 5.25 Å². The van der Waals surface area contributed by atoms with E-state index in [0.717, 1.165) is 5.69 Å². The Morgan fingerprint density at radius 2 is 2.00 bits per heavy atom.